The molecule has 4 bridgehead atoms. The zero-order chi connectivity index (χ0) is 11.6. The summed E-state index contributed by atoms with van der Waals surface area (Å²) in [7, 11) is 0. The summed E-state index contributed by atoms with van der Waals surface area (Å²) >= 11 is 3.64. The lowest BCUT2D eigenvalue weighted by Gasteiger charge is -2.64. The Balaban J connectivity index is 2.04. The quantitative estimate of drug-likeness (QED) is 0.790. The second kappa shape index (κ2) is 3.04. The molecule has 3 heteroatoms. The van der Waals surface area contributed by atoms with Crippen LogP contribution in [-0.2, 0) is 4.79 Å². The second-order valence-electron chi connectivity index (χ2n) is 7.04. The van der Waals surface area contributed by atoms with Crippen LogP contribution in [0.1, 0.15) is 45.4 Å². The molecule has 0 aromatic heterocycles. The Labute approximate surface area is 105 Å². The topological polar surface area (TPSA) is 37.3 Å². The molecule has 4 aliphatic rings. The van der Waals surface area contributed by atoms with Crippen LogP contribution in [0.25, 0.3) is 0 Å². The first-order chi connectivity index (χ1) is 7.41. The van der Waals surface area contributed by atoms with Gasteiger partial charge in [-0.2, -0.15) is 0 Å². The number of carboxylic acid groups (broad SMARTS) is 1. The fourth-order valence-corrected chi connectivity index (χ4v) is 6.15. The molecule has 2 nitrogen and oxygen atoms in total. The van der Waals surface area contributed by atoms with Crippen molar-refractivity contribution in [2.75, 3.05) is 5.33 Å². The fourth-order valence-electron chi connectivity index (χ4n) is 5.53. The average molecular weight is 287 g/mol. The maximum Gasteiger partial charge on any atom is 0.309 e. The van der Waals surface area contributed by atoms with Crippen LogP contribution < -0.4 is 0 Å². The molecule has 90 valence electrons. The minimum Gasteiger partial charge on any atom is -0.481 e. The molecule has 4 atom stereocenters. The number of hydrogen-bond acceptors (Lipinski definition) is 1. The first-order valence-corrected chi connectivity index (χ1v) is 7.33. The second-order valence-corrected chi connectivity index (χ2v) is 7.60. The van der Waals surface area contributed by atoms with Crippen molar-refractivity contribution in [3.8, 4) is 0 Å². The van der Waals surface area contributed by atoms with Gasteiger partial charge in [0.2, 0.25) is 0 Å². The number of alkyl halides is 1. The summed E-state index contributed by atoms with van der Waals surface area (Å²) in [6, 6.07) is 0. The van der Waals surface area contributed by atoms with Crippen LogP contribution in [0, 0.1) is 22.2 Å². The van der Waals surface area contributed by atoms with Crippen molar-refractivity contribution in [1.82, 2.24) is 0 Å². The van der Waals surface area contributed by atoms with E-state index in [-0.39, 0.29) is 10.8 Å². The molecule has 0 saturated heterocycles. The Hall–Kier alpha value is -0.0500. The Morgan fingerprint density at radius 2 is 2.06 bits per heavy atom. The third-order valence-electron chi connectivity index (χ3n) is 5.20. The molecule has 4 rings (SSSR count). The largest absolute Gasteiger partial charge is 0.481 e. The van der Waals surface area contributed by atoms with E-state index >= 15 is 0 Å². The smallest absolute Gasteiger partial charge is 0.309 e. The van der Waals surface area contributed by atoms with Gasteiger partial charge in [0.1, 0.15) is 0 Å². The highest BCUT2D eigenvalue weighted by atomic mass is 79.9. The normalized spacial score (nSPS) is 54.2. The molecule has 0 aromatic carbocycles. The molecule has 16 heavy (non-hydrogen) atoms. The van der Waals surface area contributed by atoms with Gasteiger partial charge in [-0.1, -0.05) is 22.9 Å². The molecule has 0 amide bonds. The molecule has 0 radical (unpaired) electrons. The zero-order valence-electron chi connectivity index (χ0n) is 9.76. The molecule has 4 saturated carbocycles. The third-order valence-corrected chi connectivity index (χ3v) is 6.39. The van der Waals surface area contributed by atoms with Crippen LogP contribution in [0.4, 0.5) is 0 Å². The summed E-state index contributed by atoms with van der Waals surface area (Å²) in [5.74, 6) is 0.128. The predicted molar refractivity (Wildman–Crippen MR) is 65.6 cm³/mol. The van der Waals surface area contributed by atoms with E-state index < -0.39 is 5.97 Å². The van der Waals surface area contributed by atoms with Crippen LogP contribution in [0.15, 0.2) is 0 Å². The van der Waals surface area contributed by atoms with Crippen molar-refractivity contribution >= 4 is 21.9 Å². The van der Waals surface area contributed by atoms with Gasteiger partial charge in [-0.15, -0.1) is 0 Å². The summed E-state index contributed by atoms with van der Waals surface area (Å²) < 4.78 is 0. The van der Waals surface area contributed by atoms with Crippen molar-refractivity contribution in [3.63, 3.8) is 0 Å². The first kappa shape index (κ1) is 11.1. The van der Waals surface area contributed by atoms with Crippen LogP contribution in [-0.4, -0.2) is 16.4 Å². The number of carbonyl (C=O) groups is 1. The fraction of sp³-hybridized carbons (Fsp3) is 0.923. The summed E-state index contributed by atoms with van der Waals surface area (Å²) in [5, 5.41) is 10.6. The van der Waals surface area contributed by atoms with Gasteiger partial charge in [-0.25, -0.2) is 0 Å². The lowest BCUT2D eigenvalue weighted by Crippen LogP contribution is -2.59. The number of halogens is 1. The van der Waals surface area contributed by atoms with Crippen LogP contribution in [0.2, 0.25) is 0 Å². The molecule has 0 unspecified atom stereocenters. The SMILES string of the molecule is C[C@]12C[C@H]3C[C@](CBr)(C1)C[C@@](C(=O)O)(C3)C2. The van der Waals surface area contributed by atoms with E-state index in [1.807, 2.05) is 0 Å². The third kappa shape index (κ3) is 1.33. The number of rotatable bonds is 2. The molecule has 0 heterocycles. The van der Waals surface area contributed by atoms with E-state index in [9.17, 15) is 9.90 Å². The Morgan fingerprint density at radius 1 is 1.31 bits per heavy atom. The van der Waals surface area contributed by atoms with Gasteiger partial charge in [0.05, 0.1) is 5.41 Å². The molecule has 4 fully saturated rings. The van der Waals surface area contributed by atoms with Gasteiger partial charge in [-0.05, 0) is 55.3 Å². The average Bonchev–Trinajstić information content (AvgIpc) is 2.13. The minimum atomic E-state index is -0.534. The maximum atomic E-state index is 11.6. The summed E-state index contributed by atoms with van der Waals surface area (Å²) in [4.78, 5) is 11.6. The van der Waals surface area contributed by atoms with E-state index in [4.69, 9.17) is 0 Å². The maximum absolute atomic E-state index is 11.6. The van der Waals surface area contributed by atoms with E-state index in [0.29, 0.717) is 11.3 Å². The lowest BCUT2D eigenvalue weighted by atomic mass is 9.40. The van der Waals surface area contributed by atoms with Crippen molar-refractivity contribution < 1.29 is 9.90 Å². The lowest BCUT2D eigenvalue weighted by molar-refractivity contribution is -0.184. The molecule has 0 spiro atoms. The van der Waals surface area contributed by atoms with Gasteiger partial charge >= 0.3 is 5.97 Å². The van der Waals surface area contributed by atoms with Gasteiger partial charge in [0.15, 0.2) is 0 Å². The molecule has 0 aromatic rings. The summed E-state index contributed by atoms with van der Waals surface area (Å²) in [6.07, 6.45) is 6.51. The van der Waals surface area contributed by atoms with Gasteiger partial charge in [-0.3, -0.25) is 4.79 Å². The van der Waals surface area contributed by atoms with Gasteiger partial charge < -0.3 is 5.11 Å². The minimum absolute atomic E-state index is 0.284. The van der Waals surface area contributed by atoms with E-state index in [1.165, 1.54) is 19.3 Å². The molecule has 4 aliphatic carbocycles. The summed E-state index contributed by atoms with van der Waals surface area (Å²) in [5.41, 5.74) is 0.195. The highest BCUT2D eigenvalue weighted by Gasteiger charge is 2.64. The zero-order valence-corrected chi connectivity index (χ0v) is 11.3. The van der Waals surface area contributed by atoms with E-state index in [0.717, 1.165) is 24.6 Å². The Kier molecular flexibility index (Phi) is 2.10. The first-order valence-electron chi connectivity index (χ1n) is 6.21. The predicted octanol–water partition coefficient (Wildman–Crippen LogP) is 3.44. The highest BCUT2D eigenvalue weighted by Crippen LogP contribution is 2.69. The number of hydrogen-bond donors (Lipinski definition) is 1. The Bertz CT molecular complexity index is 356. The molecule has 0 aliphatic heterocycles. The van der Waals surface area contributed by atoms with Crippen molar-refractivity contribution in [1.29, 1.82) is 0 Å². The van der Waals surface area contributed by atoms with Crippen molar-refractivity contribution in [3.05, 3.63) is 0 Å². The van der Waals surface area contributed by atoms with Crippen LogP contribution >= 0.6 is 15.9 Å². The molecular weight excluding hydrogens is 268 g/mol. The van der Waals surface area contributed by atoms with Gasteiger partial charge in [0.25, 0.3) is 0 Å². The molecular formula is C13H19BrO2. The van der Waals surface area contributed by atoms with Crippen molar-refractivity contribution in [2.45, 2.75) is 45.4 Å². The highest BCUT2D eigenvalue weighted by molar-refractivity contribution is 9.09. The van der Waals surface area contributed by atoms with Crippen LogP contribution in [0.5, 0.6) is 0 Å². The van der Waals surface area contributed by atoms with E-state index in [1.54, 1.807) is 0 Å². The standard InChI is InChI=1S/C13H19BrO2/c1-11-2-9-3-12(5-11,8-14)7-13(4-9,6-11)10(15)16/h9H,2-8H2,1H3,(H,15,16)/t9-,11-,12-,13+/m0/s1. The summed E-state index contributed by atoms with van der Waals surface area (Å²) in [6.45, 7) is 2.31. The monoisotopic (exact) mass is 286 g/mol. The van der Waals surface area contributed by atoms with Crippen molar-refractivity contribution in [2.24, 2.45) is 22.2 Å². The molecule has 1 N–H and O–H groups in total. The van der Waals surface area contributed by atoms with Gasteiger partial charge in [0, 0.05) is 5.33 Å². The number of aliphatic carboxylic acids is 1. The Morgan fingerprint density at radius 3 is 2.62 bits per heavy atom. The van der Waals surface area contributed by atoms with Crippen LogP contribution in [0.3, 0.4) is 0 Å². The van der Waals surface area contributed by atoms with E-state index in [2.05, 4.69) is 22.9 Å². The number of carboxylic acids is 1.